The van der Waals surface area contributed by atoms with Crippen LogP contribution in [0.3, 0.4) is 0 Å². The van der Waals surface area contributed by atoms with Crippen molar-refractivity contribution in [1.29, 1.82) is 0 Å². The van der Waals surface area contributed by atoms with Gasteiger partial charge in [0.05, 0.1) is 0 Å². The molecule has 0 amide bonds. The van der Waals surface area contributed by atoms with E-state index in [-0.39, 0.29) is 0 Å². The number of hydrogen-bond donors (Lipinski definition) is 1. The van der Waals surface area contributed by atoms with Crippen LogP contribution < -0.4 is 0 Å². The molecule has 0 radical (unpaired) electrons. The molecule has 0 heterocycles. The maximum absolute atomic E-state index is 13.3. The highest BCUT2D eigenvalue weighted by Crippen LogP contribution is 2.54. The molecule has 0 spiro atoms. The van der Waals surface area contributed by atoms with Gasteiger partial charge < -0.3 is 9.53 Å². The average molecular weight is 481 g/mol. The molecule has 4 rings (SSSR count). The highest BCUT2D eigenvalue weighted by atomic mass is 28.4. The summed E-state index contributed by atoms with van der Waals surface area (Å²) < 4.78 is 7.61. The fraction of sp³-hybridized carbons (Fsp3) is 0.250. The first-order valence-corrected chi connectivity index (χ1v) is 15.2. The molecule has 0 aliphatic rings. The van der Waals surface area contributed by atoms with Crippen molar-refractivity contribution in [2.75, 3.05) is 0 Å². The minimum atomic E-state index is -2.25. The van der Waals surface area contributed by atoms with Crippen molar-refractivity contribution >= 4 is 8.32 Å². The Balaban J connectivity index is 2.19. The third kappa shape index (κ3) is 4.40. The Kier molecular flexibility index (Phi) is 7.71. The van der Waals surface area contributed by atoms with Gasteiger partial charge in [-0.2, -0.15) is 0 Å². The quantitative estimate of drug-likeness (QED) is 0.234. The van der Waals surface area contributed by atoms with Crippen molar-refractivity contribution in [2.45, 2.75) is 50.1 Å². The van der Waals surface area contributed by atoms with Crippen molar-refractivity contribution in [3.8, 4) is 0 Å². The summed E-state index contributed by atoms with van der Waals surface area (Å²) in [5, 5.41) is 13.3. The SMILES string of the molecule is CC[Si](CC)(CC)OC(c1ccccc1)(c1ccccc1)C(O)(c1ccccc1)c1ccccc1. The summed E-state index contributed by atoms with van der Waals surface area (Å²) in [6.45, 7) is 6.72. The zero-order valence-electron chi connectivity index (χ0n) is 21.0. The van der Waals surface area contributed by atoms with Crippen LogP contribution in [0.2, 0.25) is 18.1 Å². The smallest absolute Gasteiger partial charge is 0.193 e. The third-order valence-electron chi connectivity index (χ3n) is 7.56. The molecule has 4 aromatic rings. The van der Waals surface area contributed by atoms with E-state index in [1.54, 1.807) is 0 Å². The molecular weight excluding hydrogens is 444 g/mol. The highest BCUT2D eigenvalue weighted by molar-refractivity contribution is 6.73. The van der Waals surface area contributed by atoms with Crippen LogP contribution in [0.1, 0.15) is 43.0 Å². The summed E-state index contributed by atoms with van der Waals surface area (Å²) in [7, 11) is -2.25. The predicted octanol–water partition coefficient (Wildman–Crippen LogP) is 7.89. The number of hydrogen-bond acceptors (Lipinski definition) is 2. The first kappa shape index (κ1) is 25.1. The van der Waals surface area contributed by atoms with Gasteiger partial charge in [-0.1, -0.05) is 142 Å². The molecule has 2 nitrogen and oxygen atoms in total. The molecule has 0 unspecified atom stereocenters. The molecule has 0 atom stereocenters. The average Bonchev–Trinajstić information content (AvgIpc) is 2.96. The molecule has 0 fully saturated rings. The summed E-state index contributed by atoms with van der Waals surface area (Å²) >= 11 is 0. The second-order valence-corrected chi connectivity index (χ2v) is 13.9. The van der Waals surface area contributed by atoms with Crippen molar-refractivity contribution in [1.82, 2.24) is 0 Å². The zero-order valence-corrected chi connectivity index (χ0v) is 22.0. The topological polar surface area (TPSA) is 29.5 Å². The fourth-order valence-electron chi connectivity index (χ4n) is 5.35. The minimum absolute atomic E-state index is 0.810. The van der Waals surface area contributed by atoms with Gasteiger partial charge in [0.2, 0.25) is 0 Å². The second-order valence-electron chi connectivity index (χ2n) is 9.20. The van der Waals surface area contributed by atoms with Gasteiger partial charge in [0, 0.05) is 0 Å². The van der Waals surface area contributed by atoms with E-state index in [2.05, 4.69) is 45.0 Å². The van der Waals surface area contributed by atoms with Crippen LogP contribution in [0.25, 0.3) is 0 Å². The van der Waals surface area contributed by atoms with Crippen LogP contribution in [0.4, 0.5) is 0 Å². The number of rotatable bonds is 10. The molecule has 0 aromatic heterocycles. The normalized spacial score (nSPS) is 12.5. The molecule has 35 heavy (non-hydrogen) atoms. The lowest BCUT2D eigenvalue weighted by atomic mass is 9.66. The van der Waals surface area contributed by atoms with Crippen LogP contribution in [0, 0.1) is 0 Å². The van der Waals surface area contributed by atoms with Crippen LogP contribution in [0.5, 0.6) is 0 Å². The summed E-state index contributed by atoms with van der Waals surface area (Å²) in [6, 6.07) is 43.6. The molecule has 0 bridgehead atoms. The summed E-state index contributed by atoms with van der Waals surface area (Å²) in [5.74, 6) is 0. The maximum Gasteiger partial charge on any atom is 0.193 e. The van der Waals surface area contributed by atoms with E-state index in [0.29, 0.717) is 0 Å². The van der Waals surface area contributed by atoms with Crippen LogP contribution in [-0.2, 0) is 15.6 Å². The Labute approximate surface area is 211 Å². The molecule has 0 aliphatic carbocycles. The van der Waals surface area contributed by atoms with Crippen LogP contribution in [-0.4, -0.2) is 13.4 Å². The molecule has 4 aromatic carbocycles. The molecule has 0 saturated carbocycles. The van der Waals surface area contributed by atoms with E-state index in [0.717, 1.165) is 40.4 Å². The fourth-order valence-corrected chi connectivity index (χ4v) is 8.31. The van der Waals surface area contributed by atoms with Gasteiger partial charge in [0.15, 0.2) is 13.9 Å². The van der Waals surface area contributed by atoms with E-state index in [4.69, 9.17) is 4.43 Å². The number of aliphatic hydroxyl groups is 1. The predicted molar refractivity (Wildman–Crippen MR) is 148 cm³/mol. The van der Waals surface area contributed by atoms with Crippen molar-refractivity contribution < 1.29 is 9.53 Å². The van der Waals surface area contributed by atoms with E-state index in [9.17, 15) is 5.11 Å². The van der Waals surface area contributed by atoms with Crippen molar-refractivity contribution in [3.05, 3.63) is 144 Å². The number of benzene rings is 4. The third-order valence-corrected chi connectivity index (χ3v) is 12.2. The Hall–Kier alpha value is -2.98. The van der Waals surface area contributed by atoms with Crippen molar-refractivity contribution in [3.63, 3.8) is 0 Å². The van der Waals surface area contributed by atoms with Gasteiger partial charge in [-0.05, 0) is 40.4 Å². The van der Waals surface area contributed by atoms with E-state index >= 15 is 0 Å². The lowest BCUT2D eigenvalue weighted by Gasteiger charge is -2.52. The first-order chi connectivity index (χ1) is 17.1. The lowest BCUT2D eigenvalue weighted by molar-refractivity contribution is -0.102. The zero-order chi connectivity index (χ0) is 24.8. The van der Waals surface area contributed by atoms with Gasteiger partial charge in [-0.15, -0.1) is 0 Å². The Morgan fingerprint density at radius 3 is 1.09 bits per heavy atom. The van der Waals surface area contributed by atoms with Gasteiger partial charge in [-0.25, -0.2) is 0 Å². The largest absolute Gasteiger partial charge is 0.400 e. The summed E-state index contributed by atoms with van der Waals surface area (Å²) in [5.41, 5.74) is 0.903. The maximum atomic E-state index is 13.3. The monoisotopic (exact) mass is 480 g/mol. The van der Waals surface area contributed by atoms with Crippen LogP contribution in [0.15, 0.2) is 121 Å². The molecule has 1 N–H and O–H groups in total. The van der Waals surface area contributed by atoms with Crippen molar-refractivity contribution in [2.24, 2.45) is 0 Å². The summed E-state index contributed by atoms with van der Waals surface area (Å²) in [6.07, 6.45) is 0. The molecule has 180 valence electrons. The van der Waals surface area contributed by atoms with Gasteiger partial charge in [0.25, 0.3) is 0 Å². The van der Waals surface area contributed by atoms with Gasteiger partial charge >= 0.3 is 0 Å². The standard InChI is InChI=1S/C32H36O2Si/c1-4-35(5-2,6-3)34-32(29-23-15-9-16-24-29,30-25-17-10-18-26-30)31(33,27-19-11-7-12-20-27)28-21-13-8-14-22-28/h7-26,33H,4-6H2,1-3H3. The molecule has 0 aliphatic heterocycles. The second kappa shape index (κ2) is 10.7. The first-order valence-electron chi connectivity index (χ1n) is 12.7. The summed E-state index contributed by atoms with van der Waals surface area (Å²) in [4.78, 5) is 0. The van der Waals surface area contributed by atoms with E-state index in [1.165, 1.54) is 0 Å². The van der Waals surface area contributed by atoms with E-state index in [1.807, 2.05) is 97.1 Å². The Bertz CT molecular complexity index is 1090. The molecule has 0 saturated heterocycles. The molecular formula is C32H36O2Si. The van der Waals surface area contributed by atoms with E-state index < -0.39 is 19.5 Å². The van der Waals surface area contributed by atoms with Gasteiger partial charge in [0.1, 0.15) is 5.60 Å². The molecule has 3 heteroatoms. The Morgan fingerprint density at radius 2 is 0.800 bits per heavy atom. The highest BCUT2D eigenvalue weighted by Gasteiger charge is 2.58. The minimum Gasteiger partial charge on any atom is -0.400 e. The van der Waals surface area contributed by atoms with Gasteiger partial charge in [-0.3, -0.25) is 0 Å². The lowest BCUT2D eigenvalue weighted by Crippen LogP contribution is -2.58. The Morgan fingerprint density at radius 1 is 0.514 bits per heavy atom. The van der Waals surface area contributed by atoms with Crippen LogP contribution >= 0.6 is 0 Å².